The Morgan fingerprint density at radius 2 is 2.24 bits per heavy atom. The zero-order valence-corrected chi connectivity index (χ0v) is 11.0. The van der Waals surface area contributed by atoms with Crippen molar-refractivity contribution < 1.29 is 0 Å². The maximum Gasteiger partial charge on any atom is 0.224 e. The van der Waals surface area contributed by atoms with Gasteiger partial charge in [-0.1, -0.05) is 6.92 Å². The maximum atomic E-state index is 4.53. The molecule has 1 aliphatic carbocycles. The molecule has 4 heteroatoms. The average molecular weight is 234 g/mol. The molecule has 0 bridgehead atoms. The minimum Gasteiger partial charge on any atom is -0.367 e. The quantitative estimate of drug-likeness (QED) is 0.794. The van der Waals surface area contributed by atoms with Crippen LogP contribution >= 0.6 is 0 Å². The fourth-order valence-corrected chi connectivity index (χ4v) is 1.84. The highest BCUT2D eigenvalue weighted by Gasteiger charge is 2.28. The van der Waals surface area contributed by atoms with E-state index in [0.717, 1.165) is 36.2 Å². The highest BCUT2D eigenvalue weighted by molar-refractivity contribution is 5.47. The molecule has 1 aliphatic rings. The molecular formula is C13H22N4. The lowest BCUT2D eigenvalue weighted by Crippen LogP contribution is -2.19. The van der Waals surface area contributed by atoms with Gasteiger partial charge in [-0.25, -0.2) is 4.98 Å². The molecule has 1 heterocycles. The topological polar surface area (TPSA) is 49.8 Å². The minimum absolute atomic E-state index is 0.516. The summed E-state index contributed by atoms with van der Waals surface area (Å²) in [6.45, 7) is 7.33. The monoisotopic (exact) mass is 234 g/mol. The van der Waals surface area contributed by atoms with Gasteiger partial charge in [0.1, 0.15) is 5.82 Å². The molecule has 0 aliphatic heterocycles. The van der Waals surface area contributed by atoms with E-state index in [0.29, 0.717) is 6.04 Å². The van der Waals surface area contributed by atoms with E-state index in [1.165, 1.54) is 12.8 Å². The number of nitrogens with zero attached hydrogens (tertiary/aromatic N) is 2. The van der Waals surface area contributed by atoms with Crippen molar-refractivity contribution in [1.29, 1.82) is 0 Å². The highest BCUT2D eigenvalue weighted by Crippen LogP contribution is 2.34. The Morgan fingerprint density at radius 3 is 2.88 bits per heavy atom. The van der Waals surface area contributed by atoms with Gasteiger partial charge in [0.15, 0.2) is 0 Å². The van der Waals surface area contributed by atoms with E-state index in [-0.39, 0.29) is 0 Å². The number of nitrogens with one attached hydrogen (secondary N) is 2. The maximum absolute atomic E-state index is 4.53. The minimum atomic E-state index is 0.516. The van der Waals surface area contributed by atoms with Gasteiger partial charge in [-0.05, 0) is 39.0 Å². The van der Waals surface area contributed by atoms with E-state index in [1.54, 1.807) is 0 Å². The Hall–Kier alpha value is -1.32. The number of anilines is 2. The first-order valence-electron chi connectivity index (χ1n) is 6.54. The molecule has 1 unspecified atom stereocenters. The van der Waals surface area contributed by atoms with E-state index in [1.807, 2.05) is 13.1 Å². The lowest BCUT2D eigenvalue weighted by atomic mass is 10.2. The molecule has 1 atom stereocenters. The molecule has 2 N–H and O–H groups in total. The Labute approximate surface area is 103 Å². The second-order valence-electron chi connectivity index (χ2n) is 4.92. The molecule has 1 saturated carbocycles. The Balaban J connectivity index is 2.02. The van der Waals surface area contributed by atoms with E-state index in [4.69, 9.17) is 0 Å². The van der Waals surface area contributed by atoms with Gasteiger partial charge in [-0.2, -0.15) is 4.98 Å². The second kappa shape index (κ2) is 5.34. The Bertz CT molecular complexity index is 374. The van der Waals surface area contributed by atoms with Crippen molar-refractivity contribution in [2.75, 3.05) is 17.2 Å². The molecule has 2 rings (SSSR count). The molecular weight excluding hydrogens is 212 g/mol. The van der Waals surface area contributed by atoms with Crippen LogP contribution in [-0.4, -0.2) is 22.6 Å². The lowest BCUT2D eigenvalue weighted by molar-refractivity contribution is 0.689. The summed E-state index contributed by atoms with van der Waals surface area (Å²) in [5.74, 6) is 2.53. The van der Waals surface area contributed by atoms with Gasteiger partial charge in [0.05, 0.1) is 0 Å². The zero-order chi connectivity index (χ0) is 12.3. The molecule has 17 heavy (non-hydrogen) atoms. The molecule has 1 aromatic heterocycles. The third kappa shape index (κ3) is 3.32. The van der Waals surface area contributed by atoms with E-state index < -0.39 is 0 Å². The van der Waals surface area contributed by atoms with E-state index in [9.17, 15) is 0 Å². The number of aryl methyl sites for hydroxylation is 1. The summed E-state index contributed by atoms with van der Waals surface area (Å²) >= 11 is 0. The molecule has 1 aromatic rings. The van der Waals surface area contributed by atoms with Crippen LogP contribution in [0.3, 0.4) is 0 Å². The smallest absolute Gasteiger partial charge is 0.224 e. The van der Waals surface area contributed by atoms with Crippen molar-refractivity contribution in [3.8, 4) is 0 Å². The van der Waals surface area contributed by atoms with Crippen molar-refractivity contribution in [3.05, 3.63) is 11.8 Å². The summed E-state index contributed by atoms with van der Waals surface area (Å²) in [6.07, 6.45) is 5.66. The summed E-state index contributed by atoms with van der Waals surface area (Å²) in [6, 6.07) is 0.516. The van der Waals surface area contributed by atoms with Crippen LogP contribution in [0.5, 0.6) is 0 Å². The number of hydrogen-bond acceptors (Lipinski definition) is 4. The first-order chi connectivity index (χ1) is 8.20. The Kier molecular flexibility index (Phi) is 3.82. The summed E-state index contributed by atoms with van der Waals surface area (Å²) in [5.41, 5.74) is 1.11. The summed E-state index contributed by atoms with van der Waals surface area (Å²) in [5, 5.41) is 6.72. The van der Waals surface area contributed by atoms with Crippen LogP contribution in [0.15, 0.2) is 6.20 Å². The second-order valence-corrected chi connectivity index (χ2v) is 4.92. The first-order valence-corrected chi connectivity index (χ1v) is 6.54. The van der Waals surface area contributed by atoms with Crippen LogP contribution in [0.2, 0.25) is 0 Å². The summed E-state index contributed by atoms with van der Waals surface area (Å²) < 4.78 is 0. The van der Waals surface area contributed by atoms with Gasteiger partial charge in [0.25, 0.3) is 0 Å². The van der Waals surface area contributed by atoms with Gasteiger partial charge in [-0.3, -0.25) is 0 Å². The van der Waals surface area contributed by atoms with Crippen LogP contribution in [0.1, 0.15) is 38.7 Å². The molecule has 0 spiro atoms. The number of hydrogen-bond donors (Lipinski definition) is 2. The summed E-state index contributed by atoms with van der Waals surface area (Å²) in [7, 11) is 0. The first kappa shape index (κ1) is 12.1. The van der Waals surface area contributed by atoms with Gasteiger partial charge in [0, 0.05) is 24.3 Å². The van der Waals surface area contributed by atoms with Gasteiger partial charge in [0.2, 0.25) is 5.95 Å². The van der Waals surface area contributed by atoms with Crippen LogP contribution in [0.4, 0.5) is 11.8 Å². The molecule has 0 radical (unpaired) electrons. The molecule has 94 valence electrons. The van der Waals surface area contributed by atoms with Crippen molar-refractivity contribution in [2.45, 2.75) is 46.1 Å². The van der Waals surface area contributed by atoms with Crippen LogP contribution in [0.25, 0.3) is 0 Å². The predicted molar refractivity (Wildman–Crippen MR) is 71.4 cm³/mol. The van der Waals surface area contributed by atoms with Gasteiger partial charge in [-0.15, -0.1) is 0 Å². The molecule has 0 aromatic carbocycles. The van der Waals surface area contributed by atoms with E-state index in [2.05, 4.69) is 34.4 Å². The third-order valence-corrected chi connectivity index (χ3v) is 3.20. The lowest BCUT2D eigenvalue weighted by Gasteiger charge is -2.16. The van der Waals surface area contributed by atoms with Crippen LogP contribution in [-0.2, 0) is 0 Å². The molecule has 4 nitrogen and oxygen atoms in total. The average Bonchev–Trinajstić information content (AvgIpc) is 3.14. The molecule has 0 saturated heterocycles. The third-order valence-electron chi connectivity index (χ3n) is 3.20. The van der Waals surface area contributed by atoms with Crippen LogP contribution in [0, 0.1) is 12.8 Å². The van der Waals surface area contributed by atoms with Crippen molar-refractivity contribution >= 4 is 11.8 Å². The predicted octanol–water partition coefficient (Wildman–Crippen LogP) is 2.82. The van der Waals surface area contributed by atoms with Gasteiger partial charge >= 0.3 is 0 Å². The van der Waals surface area contributed by atoms with Crippen molar-refractivity contribution in [1.82, 2.24) is 9.97 Å². The largest absolute Gasteiger partial charge is 0.367 e. The fourth-order valence-electron chi connectivity index (χ4n) is 1.84. The zero-order valence-electron chi connectivity index (χ0n) is 11.0. The standard InChI is InChI=1S/C13H22N4/c1-4-7-14-13-15-8-9(2)12(17-13)16-10(3)11-5-6-11/h8,10-11H,4-7H2,1-3H3,(H2,14,15,16,17). The van der Waals surface area contributed by atoms with Crippen molar-refractivity contribution in [3.63, 3.8) is 0 Å². The Morgan fingerprint density at radius 1 is 1.47 bits per heavy atom. The number of aromatic nitrogens is 2. The fraction of sp³-hybridized carbons (Fsp3) is 0.692. The summed E-state index contributed by atoms with van der Waals surface area (Å²) in [4.78, 5) is 8.81. The van der Waals surface area contributed by atoms with Gasteiger partial charge < -0.3 is 10.6 Å². The SMILES string of the molecule is CCCNc1ncc(C)c(NC(C)C2CC2)n1. The normalized spacial score (nSPS) is 16.6. The van der Waals surface area contributed by atoms with E-state index >= 15 is 0 Å². The molecule has 1 fully saturated rings. The number of rotatable bonds is 6. The highest BCUT2D eigenvalue weighted by atomic mass is 15.1. The molecule has 0 amide bonds. The van der Waals surface area contributed by atoms with Crippen molar-refractivity contribution in [2.24, 2.45) is 5.92 Å². The van der Waals surface area contributed by atoms with Crippen LogP contribution < -0.4 is 10.6 Å².